The van der Waals surface area contributed by atoms with Crippen molar-refractivity contribution in [2.45, 2.75) is 13.8 Å². The van der Waals surface area contributed by atoms with Crippen molar-refractivity contribution in [1.29, 1.82) is 0 Å². The van der Waals surface area contributed by atoms with Crippen molar-refractivity contribution in [1.82, 2.24) is 0 Å². The van der Waals surface area contributed by atoms with E-state index in [0.717, 1.165) is 16.8 Å². The predicted octanol–water partition coefficient (Wildman–Crippen LogP) is 4.15. The third-order valence-corrected chi connectivity index (χ3v) is 3.96. The van der Waals surface area contributed by atoms with Gasteiger partial charge in [-0.3, -0.25) is 10.6 Å². The highest BCUT2D eigenvalue weighted by Gasteiger charge is 2.15. The molecule has 0 heterocycles. The molecule has 0 atom stereocenters. The Morgan fingerprint density at radius 2 is 1.81 bits per heavy atom. The third-order valence-electron chi connectivity index (χ3n) is 3.16. The van der Waals surface area contributed by atoms with Crippen molar-refractivity contribution >= 4 is 40.5 Å². The monoisotopic (exact) mass is 323 g/mol. The number of carbonyl (C=O) groups is 1. The molecule has 0 aromatic heterocycles. The standard InChI is InChI=1S/C15H15Cl2N3O/c1-8-3-6-12(16)14(13(8)17)19-15(21)11-5-4-10(20-18)7-9(11)2/h3-7,20H,18H2,1-2H3,(H,19,21). The van der Waals surface area contributed by atoms with Gasteiger partial charge in [0, 0.05) is 11.3 Å². The van der Waals surface area contributed by atoms with Crippen LogP contribution >= 0.6 is 23.2 Å². The van der Waals surface area contributed by atoms with E-state index in [4.69, 9.17) is 29.0 Å². The van der Waals surface area contributed by atoms with E-state index in [1.54, 1.807) is 30.3 Å². The number of hydrazine groups is 1. The fraction of sp³-hybridized carbons (Fsp3) is 0.133. The minimum atomic E-state index is -0.273. The molecule has 0 saturated heterocycles. The maximum Gasteiger partial charge on any atom is 0.256 e. The summed E-state index contributed by atoms with van der Waals surface area (Å²) in [5, 5.41) is 3.60. The molecule has 0 fully saturated rings. The van der Waals surface area contributed by atoms with E-state index in [2.05, 4.69) is 10.7 Å². The van der Waals surface area contributed by atoms with E-state index in [-0.39, 0.29) is 5.91 Å². The molecular formula is C15H15Cl2N3O. The Bertz CT molecular complexity index is 702. The number of amides is 1. The number of nitrogen functional groups attached to an aromatic ring is 1. The number of nitrogens with one attached hydrogen (secondary N) is 2. The summed E-state index contributed by atoms with van der Waals surface area (Å²) in [5.41, 5.74) is 5.86. The zero-order valence-corrected chi connectivity index (χ0v) is 13.1. The molecule has 1 amide bonds. The van der Waals surface area contributed by atoms with Crippen LogP contribution < -0.4 is 16.6 Å². The van der Waals surface area contributed by atoms with Crippen LogP contribution in [0.4, 0.5) is 11.4 Å². The molecule has 0 unspecified atom stereocenters. The van der Waals surface area contributed by atoms with Gasteiger partial charge in [0.15, 0.2) is 0 Å². The number of nitrogens with two attached hydrogens (primary N) is 1. The minimum absolute atomic E-state index is 0.273. The summed E-state index contributed by atoms with van der Waals surface area (Å²) in [6.07, 6.45) is 0. The second-order valence-electron chi connectivity index (χ2n) is 4.68. The second-order valence-corrected chi connectivity index (χ2v) is 5.47. The molecule has 110 valence electrons. The molecule has 0 spiro atoms. The molecular weight excluding hydrogens is 309 g/mol. The highest BCUT2D eigenvalue weighted by molar-refractivity contribution is 6.40. The Hall–Kier alpha value is -1.75. The lowest BCUT2D eigenvalue weighted by atomic mass is 10.1. The van der Waals surface area contributed by atoms with E-state index >= 15 is 0 Å². The van der Waals surface area contributed by atoms with Crippen LogP contribution in [0.25, 0.3) is 0 Å². The Morgan fingerprint density at radius 3 is 2.43 bits per heavy atom. The summed E-state index contributed by atoms with van der Waals surface area (Å²) in [4.78, 5) is 12.4. The highest BCUT2D eigenvalue weighted by Crippen LogP contribution is 2.33. The molecule has 2 aromatic carbocycles. The molecule has 0 aliphatic carbocycles. The molecule has 6 heteroatoms. The Morgan fingerprint density at radius 1 is 1.10 bits per heavy atom. The van der Waals surface area contributed by atoms with Crippen LogP contribution in [0.15, 0.2) is 30.3 Å². The number of carbonyl (C=O) groups excluding carboxylic acids is 1. The van der Waals surface area contributed by atoms with E-state index in [1.165, 1.54) is 0 Å². The molecule has 0 saturated carbocycles. The van der Waals surface area contributed by atoms with Crippen LogP contribution in [-0.2, 0) is 0 Å². The summed E-state index contributed by atoms with van der Waals surface area (Å²) in [6, 6.07) is 8.70. The van der Waals surface area contributed by atoms with Crippen LogP contribution in [0.3, 0.4) is 0 Å². The first-order valence-corrected chi connectivity index (χ1v) is 7.03. The number of anilines is 2. The van der Waals surface area contributed by atoms with E-state index < -0.39 is 0 Å². The molecule has 0 aliphatic rings. The van der Waals surface area contributed by atoms with Crippen LogP contribution in [0.2, 0.25) is 10.0 Å². The molecule has 4 N–H and O–H groups in total. The second kappa shape index (κ2) is 6.35. The Balaban J connectivity index is 2.33. The number of benzene rings is 2. The van der Waals surface area contributed by atoms with Crippen LogP contribution in [-0.4, -0.2) is 5.91 Å². The van der Waals surface area contributed by atoms with Crippen molar-refractivity contribution < 1.29 is 4.79 Å². The molecule has 2 rings (SSSR count). The van der Waals surface area contributed by atoms with Gasteiger partial charge < -0.3 is 10.7 Å². The predicted molar refractivity (Wildman–Crippen MR) is 88.1 cm³/mol. The lowest BCUT2D eigenvalue weighted by Gasteiger charge is -2.13. The largest absolute Gasteiger partial charge is 0.324 e. The maximum absolute atomic E-state index is 12.4. The topological polar surface area (TPSA) is 67.1 Å². The average Bonchev–Trinajstić information content (AvgIpc) is 2.47. The Kier molecular flexibility index (Phi) is 4.73. The molecule has 21 heavy (non-hydrogen) atoms. The van der Waals surface area contributed by atoms with Gasteiger partial charge in [-0.05, 0) is 49.2 Å². The lowest BCUT2D eigenvalue weighted by Crippen LogP contribution is -2.15. The van der Waals surface area contributed by atoms with Gasteiger partial charge in [-0.25, -0.2) is 0 Å². The first-order chi connectivity index (χ1) is 9.93. The molecule has 4 nitrogen and oxygen atoms in total. The van der Waals surface area contributed by atoms with Gasteiger partial charge >= 0.3 is 0 Å². The van der Waals surface area contributed by atoms with Crippen molar-refractivity contribution in [3.8, 4) is 0 Å². The van der Waals surface area contributed by atoms with Gasteiger partial charge in [0.1, 0.15) is 0 Å². The first-order valence-electron chi connectivity index (χ1n) is 6.27. The quantitative estimate of drug-likeness (QED) is 0.587. The van der Waals surface area contributed by atoms with Gasteiger partial charge in [-0.2, -0.15) is 0 Å². The fourth-order valence-electron chi connectivity index (χ4n) is 1.96. The van der Waals surface area contributed by atoms with E-state index in [1.807, 2.05) is 13.8 Å². The summed E-state index contributed by atoms with van der Waals surface area (Å²) < 4.78 is 0. The van der Waals surface area contributed by atoms with Gasteiger partial charge in [0.05, 0.1) is 15.7 Å². The number of hydrogen-bond acceptors (Lipinski definition) is 3. The van der Waals surface area contributed by atoms with Crippen molar-refractivity contribution in [2.24, 2.45) is 5.84 Å². The van der Waals surface area contributed by atoms with Crippen LogP contribution in [0, 0.1) is 13.8 Å². The van der Waals surface area contributed by atoms with Crippen molar-refractivity contribution in [2.75, 3.05) is 10.7 Å². The lowest BCUT2D eigenvalue weighted by molar-refractivity contribution is 0.102. The summed E-state index contributed by atoms with van der Waals surface area (Å²) in [7, 11) is 0. The molecule has 2 aromatic rings. The fourth-order valence-corrected chi connectivity index (χ4v) is 2.43. The summed E-state index contributed by atoms with van der Waals surface area (Å²) in [6.45, 7) is 3.68. The van der Waals surface area contributed by atoms with Crippen LogP contribution in [0.5, 0.6) is 0 Å². The summed E-state index contributed by atoms with van der Waals surface area (Å²) >= 11 is 12.3. The normalized spacial score (nSPS) is 10.3. The first kappa shape index (κ1) is 15.6. The number of aryl methyl sites for hydroxylation is 2. The van der Waals surface area contributed by atoms with Crippen molar-refractivity contribution in [3.05, 3.63) is 57.1 Å². The smallest absolute Gasteiger partial charge is 0.256 e. The number of hydrogen-bond donors (Lipinski definition) is 3. The zero-order chi connectivity index (χ0) is 15.6. The number of halogens is 2. The van der Waals surface area contributed by atoms with E-state index in [9.17, 15) is 4.79 Å². The van der Waals surface area contributed by atoms with Crippen molar-refractivity contribution in [3.63, 3.8) is 0 Å². The summed E-state index contributed by atoms with van der Waals surface area (Å²) in [5.74, 6) is 5.07. The van der Waals surface area contributed by atoms with Gasteiger partial charge in [-0.15, -0.1) is 0 Å². The van der Waals surface area contributed by atoms with E-state index in [0.29, 0.717) is 21.3 Å². The Labute approximate surface area is 133 Å². The van der Waals surface area contributed by atoms with Crippen LogP contribution in [0.1, 0.15) is 21.5 Å². The minimum Gasteiger partial charge on any atom is -0.324 e. The third kappa shape index (κ3) is 3.29. The highest BCUT2D eigenvalue weighted by atomic mass is 35.5. The van der Waals surface area contributed by atoms with Gasteiger partial charge in [-0.1, -0.05) is 29.3 Å². The molecule has 0 radical (unpaired) electrons. The molecule has 0 aliphatic heterocycles. The van der Waals surface area contributed by atoms with Gasteiger partial charge in [0.2, 0.25) is 0 Å². The average molecular weight is 324 g/mol. The molecule has 0 bridgehead atoms. The maximum atomic E-state index is 12.4. The number of rotatable bonds is 3. The zero-order valence-electron chi connectivity index (χ0n) is 11.6. The van der Waals surface area contributed by atoms with Gasteiger partial charge in [0.25, 0.3) is 5.91 Å². The SMILES string of the molecule is Cc1cc(NN)ccc1C(=O)Nc1c(Cl)ccc(C)c1Cl.